The molecule has 0 spiro atoms. The second-order valence-corrected chi connectivity index (χ2v) is 6.79. The highest BCUT2D eigenvalue weighted by atomic mass is 19.3. The number of nitrogens with zero attached hydrogens (tertiary/aromatic N) is 4. The largest absolute Gasteiger partial charge is 0.493 e. The van der Waals surface area contributed by atoms with E-state index >= 15 is 0 Å². The molecule has 0 amide bonds. The van der Waals surface area contributed by atoms with Gasteiger partial charge in [0.05, 0.1) is 19.3 Å². The van der Waals surface area contributed by atoms with Gasteiger partial charge in [-0.1, -0.05) is 11.2 Å². The number of rotatable bonds is 8. The van der Waals surface area contributed by atoms with E-state index in [-0.39, 0.29) is 11.5 Å². The molecule has 1 fully saturated rings. The first-order chi connectivity index (χ1) is 14.6. The van der Waals surface area contributed by atoms with Crippen molar-refractivity contribution < 1.29 is 22.8 Å². The number of methoxy groups -OCH3 is 1. The lowest BCUT2D eigenvalue weighted by atomic mass is 10.2. The molecule has 1 N–H and O–H groups in total. The lowest BCUT2D eigenvalue weighted by Gasteiger charge is -2.36. The predicted octanol–water partition coefficient (Wildman–Crippen LogP) is 2.57. The molecule has 1 aliphatic heterocycles. The van der Waals surface area contributed by atoms with Crippen molar-refractivity contribution in [2.45, 2.75) is 26.6 Å². The van der Waals surface area contributed by atoms with Crippen LogP contribution in [0.2, 0.25) is 0 Å². The maximum Gasteiger partial charge on any atom is 0.387 e. The van der Waals surface area contributed by atoms with E-state index in [1.54, 1.807) is 18.4 Å². The van der Waals surface area contributed by atoms with E-state index < -0.39 is 6.61 Å². The smallest absolute Gasteiger partial charge is 0.387 e. The zero-order chi connectivity index (χ0) is 21.3. The number of benzene rings is 1. The Bertz CT molecular complexity index is 809. The van der Waals surface area contributed by atoms with Crippen LogP contribution in [0.25, 0.3) is 0 Å². The third kappa shape index (κ3) is 6.06. The molecule has 0 unspecified atom stereocenters. The zero-order valence-corrected chi connectivity index (χ0v) is 17.2. The molecule has 0 aliphatic carbocycles. The number of hydrogen-bond acceptors (Lipinski definition) is 6. The first-order valence-electron chi connectivity index (χ1n) is 9.85. The van der Waals surface area contributed by atoms with E-state index in [2.05, 4.69) is 30.0 Å². The summed E-state index contributed by atoms with van der Waals surface area (Å²) in [5.41, 5.74) is 1.68. The van der Waals surface area contributed by atoms with Crippen molar-refractivity contribution in [1.82, 2.24) is 20.3 Å². The van der Waals surface area contributed by atoms with Crippen molar-refractivity contribution in [2.24, 2.45) is 4.99 Å². The number of aliphatic imine (C=N–C) groups is 1. The SMILES string of the molecule is CCNC(=NCc1ccc(OC)c(OC(F)F)c1)N1CCN(Cc2ccon2)CC1. The first kappa shape index (κ1) is 21.8. The molecule has 10 heteroatoms. The van der Waals surface area contributed by atoms with E-state index in [4.69, 9.17) is 9.26 Å². The molecule has 0 saturated carbocycles. The van der Waals surface area contributed by atoms with Crippen molar-refractivity contribution in [2.75, 3.05) is 39.8 Å². The Balaban J connectivity index is 1.62. The molecule has 0 bridgehead atoms. The van der Waals surface area contributed by atoms with E-state index in [9.17, 15) is 8.78 Å². The molecule has 0 atom stereocenters. The summed E-state index contributed by atoms with van der Waals surface area (Å²) >= 11 is 0. The Labute approximate surface area is 174 Å². The monoisotopic (exact) mass is 423 g/mol. The Morgan fingerprint density at radius 3 is 2.67 bits per heavy atom. The number of halogens is 2. The third-order valence-electron chi connectivity index (χ3n) is 4.74. The topological polar surface area (TPSA) is 75.4 Å². The van der Waals surface area contributed by atoms with Gasteiger partial charge in [0.25, 0.3) is 0 Å². The van der Waals surface area contributed by atoms with Crippen LogP contribution in [-0.2, 0) is 13.1 Å². The Hall–Kier alpha value is -2.88. The van der Waals surface area contributed by atoms with Gasteiger partial charge >= 0.3 is 6.61 Å². The van der Waals surface area contributed by atoms with Crippen molar-refractivity contribution in [1.29, 1.82) is 0 Å². The number of alkyl halides is 2. The Morgan fingerprint density at radius 1 is 1.23 bits per heavy atom. The van der Waals surface area contributed by atoms with Crippen molar-refractivity contribution in [3.63, 3.8) is 0 Å². The number of aromatic nitrogens is 1. The maximum absolute atomic E-state index is 12.6. The van der Waals surface area contributed by atoms with Gasteiger partial charge < -0.3 is 24.2 Å². The van der Waals surface area contributed by atoms with Crippen molar-refractivity contribution >= 4 is 5.96 Å². The highest BCUT2D eigenvalue weighted by Gasteiger charge is 2.20. The lowest BCUT2D eigenvalue weighted by molar-refractivity contribution is -0.0512. The number of nitrogens with one attached hydrogen (secondary N) is 1. The van der Waals surface area contributed by atoms with Gasteiger partial charge in [-0.25, -0.2) is 4.99 Å². The van der Waals surface area contributed by atoms with E-state index in [0.29, 0.717) is 6.54 Å². The minimum Gasteiger partial charge on any atom is -0.493 e. The van der Waals surface area contributed by atoms with Gasteiger partial charge in [-0.3, -0.25) is 4.90 Å². The molecule has 2 heterocycles. The molecular weight excluding hydrogens is 396 g/mol. The molecule has 1 aromatic heterocycles. The van der Waals surface area contributed by atoms with Gasteiger partial charge in [-0.15, -0.1) is 0 Å². The summed E-state index contributed by atoms with van der Waals surface area (Å²) in [5, 5.41) is 7.27. The van der Waals surface area contributed by atoms with Crippen LogP contribution in [0.3, 0.4) is 0 Å². The van der Waals surface area contributed by atoms with Gasteiger partial charge in [0.15, 0.2) is 17.5 Å². The fourth-order valence-corrected chi connectivity index (χ4v) is 3.27. The highest BCUT2D eigenvalue weighted by molar-refractivity contribution is 5.80. The average Bonchev–Trinajstić information content (AvgIpc) is 3.24. The number of piperazine rings is 1. The second kappa shape index (κ2) is 10.8. The van der Waals surface area contributed by atoms with Crippen LogP contribution in [-0.4, -0.2) is 67.4 Å². The normalized spacial score (nSPS) is 15.5. The Morgan fingerprint density at radius 2 is 2.03 bits per heavy atom. The molecule has 1 aromatic carbocycles. The molecule has 1 aliphatic rings. The van der Waals surface area contributed by atoms with Crippen LogP contribution < -0.4 is 14.8 Å². The van der Waals surface area contributed by atoms with Crippen LogP contribution in [0.15, 0.2) is 40.0 Å². The van der Waals surface area contributed by atoms with Crippen molar-refractivity contribution in [3.8, 4) is 11.5 Å². The summed E-state index contributed by atoms with van der Waals surface area (Å²) < 4.78 is 39.8. The third-order valence-corrected chi connectivity index (χ3v) is 4.74. The summed E-state index contributed by atoms with van der Waals surface area (Å²) in [6.45, 7) is 4.35. The highest BCUT2D eigenvalue weighted by Crippen LogP contribution is 2.29. The molecule has 1 saturated heterocycles. The number of guanidine groups is 1. The second-order valence-electron chi connectivity index (χ2n) is 6.79. The summed E-state index contributed by atoms with van der Waals surface area (Å²) in [7, 11) is 1.41. The van der Waals surface area contributed by atoms with Crippen LogP contribution in [0.1, 0.15) is 18.2 Å². The van der Waals surface area contributed by atoms with E-state index in [1.807, 2.05) is 13.0 Å². The van der Waals surface area contributed by atoms with Gasteiger partial charge in [0.1, 0.15) is 6.26 Å². The summed E-state index contributed by atoms with van der Waals surface area (Å²) in [6.07, 6.45) is 1.58. The van der Waals surface area contributed by atoms with Crippen LogP contribution in [0.5, 0.6) is 11.5 Å². The predicted molar refractivity (Wildman–Crippen MR) is 108 cm³/mol. The molecular formula is C20H27F2N5O3. The average molecular weight is 423 g/mol. The molecule has 30 heavy (non-hydrogen) atoms. The van der Waals surface area contributed by atoms with Crippen LogP contribution >= 0.6 is 0 Å². The zero-order valence-electron chi connectivity index (χ0n) is 17.2. The van der Waals surface area contributed by atoms with Gasteiger partial charge in [0.2, 0.25) is 0 Å². The van der Waals surface area contributed by atoms with Gasteiger partial charge in [-0.05, 0) is 24.6 Å². The molecule has 8 nitrogen and oxygen atoms in total. The molecule has 164 valence electrons. The van der Waals surface area contributed by atoms with E-state index in [0.717, 1.165) is 56.5 Å². The van der Waals surface area contributed by atoms with Gasteiger partial charge in [0, 0.05) is 45.3 Å². The molecule has 0 radical (unpaired) electrons. The minimum atomic E-state index is -2.91. The van der Waals surface area contributed by atoms with Gasteiger partial charge in [-0.2, -0.15) is 8.78 Å². The van der Waals surface area contributed by atoms with Crippen LogP contribution in [0.4, 0.5) is 8.78 Å². The fraction of sp³-hybridized carbons (Fsp3) is 0.500. The summed E-state index contributed by atoms with van der Waals surface area (Å²) in [4.78, 5) is 9.20. The first-order valence-corrected chi connectivity index (χ1v) is 9.85. The quantitative estimate of drug-likeness (QED) is 0.517. The minimum absolute atomic E-state index is 0.00618. The standard InChI is InChI=1S/C20H27F2N5O3/c1-3-23-20(27-9-7-26(8-10-27)14-16-6-11-29-25-16)24-13-15-4-5-17(28-2)18(12-15)30-19(21)22/h4-6,11-12,19H,3,7-10,13-14H2,1-2H3,(H,23,24). The van der Waals surface area contributed by atoms with E-state index in [1.165, 1.54) is 13.2 Å². The number of ether oxygens (including phenoxy) is 2. The fourth-order valence-electron chi connectivity index (χ4n) is 3.27. The lowest BCUT2D eigenvalue weighted by Crippen LogP contribution is -2.52. The van der Waals surface area contributed by atoms with Crippen molar-refractivity contribution in [3.05, 3.63) is 41.8 Å². The molecule has 2 aromatic rings. The maximum atomic E-state index is 12.6. The number of hydrogen-bond donors (Lipinski definition) is 1. The van der Waals surface area contributed by atoms with Crippen LogP contribution in [0, 0.1) is 0 Å². The summed E-state index contributed by atoms with van der Waals surface area (Å²) in [5.74, 6) is 1.07. The summed E-state index contributed by atoms with van der Waals surface area (Å²) in [6, 6.07) is 6.81. The molecule has 3 rings (SSSR count). The Kier molecular flexibility index (Phi) is 7.83.